The molecule has 0 aliphatic heterocycles. The van der Waals surface area contributed by atoms with Gasteiger partial charge in [0.15, 0.2) is 0 Å². The minimum atomic E-state index is -3.72. The van der Waals surface area contributed by atoms with Crippen LogP contribution in [0.25, 0.3) is 0 Å². The first-order valence-electron chi connectivity index (χ1n) is 6.22. The lowest BCUT2D eigenvalue weighted by Crippen LogP contribution is -2.43. The van der Waals surface area contributed by atoms with Gasteiger partial charge in [0.2, 0.25) is 15.3 Å². The zero-order valence-corrected chi connectivity index (χ0v) is 13.9. The summed E-state index contributed by atoms with van der Waals surface area (Å²) in [7, 11) is -0.852. The average Bonchev–Trinajstić information content (AvgIpc) is 2.46. The Balaban J connectivity index is 3.56. The number of benzene rings is 1. The van der Waals surface area contributed by atoms with Gasteiger partial charge in [0, 0.05) is 6.07 Å². The summed E-state index contributed by atoms with van der Waals surface area (Å²) in [6, 6.07) is 3.63. The molecular formula is C13H18ClNO5S. The van der Waals surface area contributed by atoms with Gasteiger partial charge < -0.3 is 9.47 Å². The molecule has 0 N–H and O–H groups in total. The van der Waals surface area contributed by atoms with E-state index >= 15 is 0 Å². The SMILES string of the molecule is CCS(=O)(=O)N(c1cc(OC)ccc1OC)C(C)C(=O)Cl. The second-order valence-electron chi connectivity index (χ2n) is 4.21. The van der Waals surface area contributed by atoms with Crippen molar-refractivity contribution >= 4 is 32.6 Å². The highest BCUT2D eigenvalue weighted by Gasteiger charge is 2.32. The van der Waals surface area contributed by atoms with Crippen molar-refractivity contribution in [1.82, 2.24) is 0 Å². The number of carbonyl (C=O) groups excluding carboxylic acids is 1. The number of sulfonamides is 1. The summed E-state index contributed by atoms with van der Waals surface area (Å²) in [5, 5.41) is -0.781. The molecular weight excluding hydrogens is 318 g/mol. The van der Waals surface area contributed by atoms with Crippen LogP contribution < -0.4 is 13.8 Å². The largest absolute Gasteiger partial charge is 0.497 e. The van der Waals surface area contributed by atoms with Crippen LogP contribution in [-0.2, 0) is 14.8 Å². The molecule has 1 atom stereocenters. The standard InChI is InChI=1S/C13H18ClNO5S/c1-5-21(17,18)15(9(2)13(14)16)11-8-10(19-3)6-7-12(11)20-4/h6-9H,5H2,1-4H3. The van der Waals surface area contributed by atoms with Crippen LogP contribution in [0, 0.1) is 0 Å². The molecule has 0 bridgehead atoms. The molecule has 0 radical (unpaired) electrons. The molecule has 1 aromatic rings. The lowest BCUT2D eigenvalue weighted by atomic mass is 10.2. The van der Waals surface area contributed by atoms with Crippen LogP contribution in [0.1, 0.15) is 13.8 Å². The molecule has 21 heavy (non-hydrogen) atoms. The third-order valence-electron chi connectivity index (χ3n) is 2.97. The maximum Gasteiger partial charge on any atom is 0.245 e. The van der Waals surface area contributed by atoms with Crippen LogP contribution >= 0.6 is 11.6 Å². The zero-order chi connectivity index (χ0) is 16.2. The summed E-state index contributed by atoms with van der Waals surface area (Å²) in [6.07, 6.45) is 0. The van der Waals surface area contributed by atoms with Gasteiger partial charge in [-0.2, -0.15) is 0 Å². The maximum absolute atomic E-state index is 12.3. The van der Waals surface area contributed by atoms with E-state index in [1.165, 1.54) is 34.1 Å². The van der Waals surface area contributed by atoms with E-state index < -0.39 is 21.3 Å². The van der Waals surface area contributed by atoms with E-state index in [1.54, 1.807) is 12.1 Å². The summed E-state index contributed by atoms with van der Waals surface area (Å²) in [5.41, 5.74) is 0.209. The van der Waals surface area contributed by atoms with Crippen molar-refractivity contribution in [3.63, 3.8) is 0 Å². The van der Waals surface area contributed by atoms with Gasteiger partial charge in [-0.05, 0) is 37.6 Å². The van der Waals surface area contributed by atoms with Crippen LogP contribution in [0.15, 0.2) is 18.2 Å². The number of hydrogen-bond acceptors (Lipinski definition) is 5. The van der Waals surface area contributed by atoms with Gasteiger partial charge in [0.1, 0.15) is 17.5 Å². The molecule has 0 fully saturated rings. The van der Waals surface area contributed by atoms with Crippen molar-refractivity contribution in [3.05, 3.63) is 18.2 Å². The summed E-state index contributed by atoms with van der Waals surface area (Å²) in [5.74, 6) is 0.566. The number of methoxy groups -OCH3 is 2. The average molecular weight is 336 g/mol. The smallest absolute Gasteiger partial charge is 0.245 e. The number of carbonyl (C=O) groups is 1. The van der Waals surface area contributed by atoms with Gasteiger partial charge in [0.05, 0.1) is 25.7 Å². The van der Waals surface area contributed by atoms with E-state index in [-0.39, 0.29) is 11.4 Å². The Kier molecular flexibility index (Phi) is 5.86. The fourth-order valence-electron chi connectivity index (χ4n) is 1.80. The Morgan fingerprint density at radius 3 is 2.38 bits per heavy atom. The fraction of sp³-hybridized carbons (Fsp3) is 0.462. The monoisotopic (exact) mass is 335 g/mol. The molecule has 1 aromatic carbocycles. The molecule has 0 aliphatic rings. The van der Waals surface area contributed by atoms with E-state index in [1.807, 2.05) is 0 Å². The lowest BCUT2D eigenvalue weighted by molar-refractivity contribution is -0.112. The van der Waals surface area contributed by atoms with Crippen molar-refractivity contribution in [1.29, 1.82) is 0 Å². The molecule has 0 amide bonds. The van der Waals surface area contributed by atoms with Crippen molar-refractivity contribution in [2.45, 2.75) is 19.9 Å². The summed E-state index contributed by atoms with van der Waals surface area (Å²) >= 11 is 5.49. The minimum absolute atomic E-state index is 0.179. The summed E-state index contributed by atoms with van der Waals surface area (Å²) < 4.78 is 35.9. The topological polar surface area (TPSA) is 72.9 Å². The van der Waals surface area contributed by atoms with Crippen molar-refractivity contribution in [3.8, 4) is 11.5 Å². The van der Waals surface area contributed by atoms with Crippen LogP contribution in [0.2, 0.25) is 0 Å². The molecule has 0 saturated heterocycles. The quantitative estimate of drug-likeness (QED) is 0.713. The second kappa shape index (κ2) is 7.00. The van der Waals surface area contributed by atoms with E-state index in [9.17, 15) is 13.2 Å². The number of anilines is 1. The first kappa shape index (κ1) is 17.6. The molecule has 118 valence electrons. The number of ether oxygens (including phenoxy) is 2. The van der Waals surface area contributed by atoms with Crippen LogP contribution in [-0.4, -0.2) is 39.7 Å². The molecule has 6 nitrogen and oxygen atoms in total. The maximum atomic E-state index is 12.3. The van der Waals surface area contributed by atoms with Crippen LogP contribution in [0.3, 0.4) is 0 Å². The normalized spacial score (nSPS) is 12.6. The first-order valence-corrected chi connectivity index (χ1v) is 8.20. The zero-order valence-electron chi connectivity index (χ0n) is 12.3. The van der Waals surface area contributed by atoms with E-state index in [4.69, 9.17) is 21.1 Å². The third kappa shape index (κ3) is 3.79. The molecule has 8 heteroatoms. The van der Waals surface area contributed by atoms with Crippen LogP contribution in [0.5, 0.6) is 11.5 Å². The van der Waals surface area contributed by atoms with Crippen molar-refractivity contribution in [2.24, 2.45) is 0 Å². The Labute approximate surface area is 129 Å². The third-order valence-corrected chi connectivity index (χ3v) is 5.13. The van der Waals surface area contributed by atoms with Gasteiger partial charge in [-0.25, -0.2) is 8.42 Å². The molecule has 0 heterocycles. The predicted octanol–water partition coefficient (Wildman–Crippen LogP) is 2.01. The van der Waals surface area contributed by atoms with E-state index in [0.717, 1.165) is 4.31 Å². The Morgan fingerprint density at radius 2 is 1.95 bits per heavy atom. The fourth-order valence-corrected chi connectivity index (χ4v) is 3.25. The summed E-state index contributed by atoms with van der Waals surface area (Å²) in [6.45, 7) is 2.90. The second-order valence-corrected chi connectivity index (χ2v) is 6.72. The highest BCUT2D eigenvalue weighted by atomic mass is 35.5. The van der Waals surface area contributed by atoms with Crippen LogP contribution in [0.4, 0.5) is 5.69 Å². The molecule has 1 unspecified atom stereocenters. The van der Waals surface area contributed by atoms with E-state index in [2.05, 4.69) is 0 Å². The minimum Gasteiger partial charge on any atom is -0.497 e. The highest BCUT2D eigenvalue weighted by Crippen LogP contribution is 2.35. The number of nitrogens with zero attached hydrogens (tertiary/aromatic N) is 1. The molecule has 0 aliphatic carbocycles. The lowest BCUT2D eigenvalue weighted by Gasteiger charge is -2.29. The highest BCUT2D eigenvalue weighted by molar-refractivity contribution is 7.92. The number of hydrogen-bond donors (Lipinski definition) is 0. The van der Waals surface area contributed by atoms with Gasteiger partial charge in [0.25, 0.3) is 0 Å². The number of halogens is 1. The Hall–Kier alpha value is -1.47. The summed E-state index contributed by atoms with van der Waals surface area (Å²) in [4.78, 5) is 11.5. The van der Waals surface area contributed by atoms with E-state index in [0.29, 0.717) is 11.5 Å². The molecule has 0 saturated carbocycles. The molecule has 0 spiro atoms. The molecule has 0 aromatic heterocycles. The first-order chi connectivity index (χ1) is 9.78. The molecule has 1 rings (SSSR count). The Morgan fingerprint density at radius 1 is 1.33 bits per heavy atom. The van der Waals surface area contributed by atoms with Gasteiger partial charge in [-0.1, -0.05) is 0 Å². The van der Waals surface area contributed by atoms with Crippen molar-refractivity contribution in [2.75, 3.05) is 24.3 Å². The van der Waals surface area contributed by atoms with Gasteiger partial charge in [-0.3, -0.25) is 9.10 Å². The predicted molar refractivity (Wildman–Crippen MR) is 81.8 cm³/mol. The number of rotatable bonds is 7. The Bertz CT molecular complexity index is 617. The van der Waals surface area contributed by atoms with Gasteiger partial charge in [-0.15, -0.1) is 0 Å². The van der Waals surface area contributed by atoms with Crippen molar-refractivity contribution < 1.29 is 22.7 Å². The van der Waals surface area contributed by atoms with Gasteiger partial charge >= 0.3 is 0 Å².